The first kappa shape index (κ1) is 21.8. The average Bonchev–Trinajstić information content (AvgIpc) is 2.69. The number of likely N-dealkylation sites (tertiary alicyclic amines) is 1. The van der Waals surface area contributed by atoms with Crippen molar-refractivity contribution in [2.45, 2.75) is 32.7 Å². The average molecular weight is 433 g/mol. The molecule has 8 heteroatoms. The normalized spacial score (nSPS) is 14.4. The van der Waals surface area contributed by atoms with E-state index in [0.717, 1.165) is 11.1 Å². The van der Waals surface area contributed by atoms with E-state index in [2.05, 4.69) is 5.32 Å². The highest BCUT2D eigenvalue weighted by atomic mass is 35.5. The number of aryl methyl sites for hydroxylation is 2. The molecule has 2 amide bonds. The van der Waals surface area contributed by atoms with Crippen molar-refractivity contribution in [3.8, 4) is 17.2 Å². The Labute approximate surface area is 180 Å². The molecule has 7 nitrogen and oxygen atoms in total. The Balaban J connectivity index is 1.47. The zero-order chi connectivity index (χ0) is 21.8. The summed E-state index contributed by atoms with van der Waals surface area (Å²) in [7, 11) is 0. The van der Waals surface area contributed by atoms with E-state index < -0.39 is 0 Å². The minimum atomic E-state index is -0.261. The van der Waals surface area contributed by atoms with Crippen molar-refractivity contribution in [3.05, 3.63) is 52.0 Å². The monoisotopic (exact) mass is 432 g/mol. The third-order valence-electron chi connectivity index (χ3n) is 5.08. The second-order valence-electron chi connectivity index (χ2n) is 7.53. The highest BCUT2D eigenvalue weighted by molar-refractivity contribution is 6.32. The van der Waals surface area contributed by atoms with Crippen molar-refractivity contribution in [1.82, 2.24) is 10.2 Å². The summed E-state index contributed by atoms with van der Waals surface area (Å²) in [5.41, 5.74) is 2.02. The summed E-state index contributed by atoms with van der Waals surface area (Å²) in [4.78, 5) is 26.4. The van der Waals surface area contributed by atoms with Gasteiger partial charge in [-0.25, -0.2) is 0 Å². The van der Waals surface area contributed by atoms with Crippen LogP contribution in [0.2, 0.25) is 5.02 Å². The topological polar surface area (TPSA) is 99.1 Å². The molecule has 0 bridgehead atoms. The Morgan fingerprint density at radius 2 is 1.63 bits per heavy atom. The van der Waals surface area contributed by atoms with Crippen LogP contribution in [-0.2, 0) is 4.79 Å². The SMILES string of the molecule is Cc1cc(OCC(=O)NC2CCN(C(=O)c3cc(O)cc(O)c3)CC2)cc(C)c1Cl. The van der Waals surface area contributed by atoms with E-state index >= 15 is 0 Å². The molecule has 2 aromatic rings. The second kappa shape index (κ2) is 9.26. The van der Waals surface area contributed by atoms with Gasteiger partial charge in [-0.2, -0.15) is 0 Å². The van der Waals surface area contributed by atoms with Crippen LogP contribution < -0.4 is 10.1 Å². The molecule has 1 aliphatic heterocycles. The maximum Gasteiger partial charge on any atom is 0.258 e. The fourth-order valence-electron chi connectivity index (χ4n) is 3.54. The van der Waals surface area contributed by atoms with Gasteiger partial charge in [-0.05, 0) is 62.1 Å². The molecular weight excluding hydrogens is 408 g/mol. The van der Waals surface area contributed by atoms with Crippen LogP contribution in [0, 0.1) is 13.8 Å². The quantitative estimate of drug-likeness (QED) is 0.674. The highest BCUT2D eigenvalue weighted by Gasteiger charge is 2.25. The number of rotatable bonds is 5. The first-order valence-electron chi connectivity index (χ1n) is 9.74. The minimum absolute atomic E-state index is 0.0450. The van der Waals surface area contributed by atoms with Crippen LogP contribution >= 0.6 is 11.6 Å². The van der Waals surface area contributed by atoms with Gasteiger partial charge in [0.2, 0.25) is 0 Å². The van der Waals surface area contributed by atoms with Gasteiger partial charge in [-0.15, -0.1) is 0 Å². The molecule has 3 rings (SSSR count). The van der Waals surface area contributed by atoms with Crippen molar-refractivity contribution in [2.75, 3.05) is 19.7 Å². The van der Waals surface area contributed by atoms with Crippen LogP contribution in [-0.4, -0.2) is 52.7 Å². The molecule has 0 atom stereocenters. The molecule has 1 aliphatic rings. The molecular formula is C22H25ClN2O5. The molecule has 1 saturated heterocycles. The van der Waals surface area contributed by atoms with Crippen LogP contribution in [0.3, 0.4) is 0 Å². The molecule has 0 saturated carbocycles. The maximum atomic E-state index is 12.6. The van der Waals surface area contributed by atoms with Crippen LogP contribution in [0.25, 0.3) is 0 Å². The maximum absolute atomic E-state index is 12.6. The molecule has 1 fully saturated rings. The largest absolute Gasteiger partial charge is 0.508 e. The van der Waals surface area contributed by atoms with Crippen LogP contribution in [0.4, 0.5) is 0 Å². The van der Waals surface area contributed by atoms with E-state index in [9.17, 15) is 19.8 Å². The van der Waals surface area contributed by atoms with Crippen molar-refractivity contribution in [2.24, 2.45) is 0 Å². The zero-order valence-corrected chi connectivity index (χ0v) is 17.7. The van der Waals surface area contributed by atoms with E-state index in [0.29, 0.717) is 36.7 Å². The van der Waals surface area contributed by atoms with E-state index in [1.54, 1.807) is 17.0 Å². The van der Waals surface area contributed by atoms with Gasteiger partial charge in [0, 0.05) is 35.8 Å². The Kier molecular flexibility index (Phi) is 6.72. The molecule has 0 spiro atoms. The van der Waals surface area contributed by atoms with E-state index in [4.69, 9.17) is 16.3 Å². The highest BCUT2D eigenvalue weighted by Crippen LogP contribution is 2.26. The lowest BCUT2D eigenvalue weighted by molar-refractivity contribution is -0.124. The lowest BCUT2D eigenvalue weighted by Crippen LogP contribution is -2.47. The van der Waals surface area contributed by atoms with Crippen LogP contribution in [0.1, 0.15) is 34.3 Å². The van der Waals surface area contributed by atoms with Crippen molar-refractivity contribution in [3.63, 3.8) is 0 Å². The van der Waals surface area contributed by atoms with E-state index in [1.165, 1.54) is 18.2 Å². The summed E-state index contributed by atoms with van der Waals surface area (Å²) in [6.07, 6.45) is 1.23. The number of ether oxygens (including phenoxy) is 1. The summed E-state index contributed by atoms with van der Waals surface area (Å²) in [6, 6.07) is 7.38. The van der Waals surface area contributed by atoms with Gasteiger partial charge in [-0.3, -0.25) is 9.59 Å². The van der Waals surface area contributed by atoms with Gasteiger partial charge in [0.1, 0.15) is 17.2 Å². The Hall–Kier alpha value is -2.93. The van der Waals surface area contributed by atoms with Gasteiger partial charge in [0.05, 0.1) is 0 Å². The van der Waals surface area contributed by atoms with Crippen molar-refractivity contribution >= 4 is 23.4 Å². The number of nitrogens with zero attached hydrogens (tertiary/aromatic N) is 1. The van der Waals surface area contributed by atoms with Gasteiger partial charge >= 0.3 is 0 Å². The minimum Gasteiger partial charge on any atom is -0.508 e. The number of phenolic OH excluding ortho intramolecular Hbond substituents is 2. The number of hydrogen-bond donors (Lipinski definition) is 3. The molecule has 2 aromatic carbocycles. The lowest BCUT2D eigenvalue weighted by Gasteiger charge is -2.32. The van der Waals surface area contributed by atoms with E-state index in [1.807, 2.05) is 13.8 Å². The molecule has 30 heavy (non-hydrogen) atoms. The number of halogens is 1. The first-order valence-corrected chi connectivity index (χ1v) is 10.1. The third kappa shape index (κ3) is 5.36. The van der Waals surface area contributed by atoms with Gasteiger partial charge in [0.25, 0.3) is 11.8 Å². The fourth-order valence-corrected chi connectivity index (χ4v) is 3.64. The Morgan fingerprint density at radius 1 is 1.07 bits per heavy atom. The smallest absolute Gasteiger partial charge is 0.258 e. The summed E-state index contributed by atoms with van der Waals surface area (Å²) < 4.78 is 5.58. The van der Waals surface area contributed by atoms with Crippen LogP contribution in [0.15, 0.2) is 30.3 Å². The predicted molar refractivity (Wildman–Crippen MR) is 113 cm³/mol. The summed E-state index contributed by atoms with van der Waals surface area (Å²) >= 11 is 6.14. The molecule has 1 heterocycles. The number of carbonyl (C=O) groups excluding carboxylic acids is 2. The third-order valence-corrected chi connectivity index (χ3v) is 5.67. The number of aromatic hydroxyl groups is 2. The summed E-state index contributed by atoms with van der Waals surface area (Å²) in [5.74, 6) is -0.205. The molecule has 0 aromatic heterocycles. The Bertz CT molecular complexity index is 911. The molecule has 0 unspecified atom stereocenters. The van der Waals surface area contributed by atoms with Crippen molar-refractivity contribution in [1.29, 1.82) is 0 Å². The summed E-state index contributed by atoms with van der Waals surface area (Å²) in [6.45, 7) is 4.61. The van der Waals surface area contributed by atoms with E-state index in [-0.39, 0.29) is 41.5 Å². The number of amides is 2. The van der Waals surface area contributed by atoms with Crippen LogP contribution in [0.5, 0.6) is 17.2 Å². The number of hydrogen-bond acceptors (Lipinski definition) is 5. The van der Waals surface area contributed by atoms with Gasteiger partial charge in [0.15, 0.2) is 6.61 Å². The Morgan fingerprint density at radius 3 is 2.20 bits per heavy atom. The number of phenols is 2. The van der Waals surface area contributed by atoms with Gasteiger partial charge in [-0.1, -0.05) is 11.6 Å². The van der Waals surface area contributed by atoms with Gasteiger partial charge < -0.3 is 25.2 Å². The zero-order valence-electron chi connectivity index (χ0n) is 16.9. The molecule has 160 valence electrons. The second-order valence-corrected chi connectivity index (χ2v) is 7.91. The predicted octanol–water partition coefficient (Wildman–Crippen LogP) is 3.17. The molecule has 0 radical (unpaired) electrons. The standard InChI is InChI=1S/C22H25ClN2O5/c1-13-7-19(8-14(2)21(13)23)30-12-20(28)24-16-3-5-25(6-4-16)22(29)15-9-17(26)11-18(27)10-15/h7-11,16,26-27H,3-6,12H2,1-2H3,(H,24,28). The number of piperidine rings is 1. The number of carbonyl (C=O) groups is 2. The fraction of sp³-hybridized carbons (Fsp3) is 0.364. The molecule has 0 aliphatic carbocycles. The van der Waals surface area contributed by atoms with Crippen molar-refractivity contribution < 1.29 is 24.5 Å². The number of nitrogens with one attached hydrogen (secondary N) is 1. The first-order chi connectivity index (χ1) is 14.2. The summed E-state index contributed by atoms with van der Waals surface area (Å²) in [5, 5.41) is 22.8. The lowest BCUT2D eigenvalue weighted by atomic mass is 10.0. The molecule has 3 N–H and O–H groups in total. The number of benzene rings is 2.